The predicted molar refractivity (Wildman–Crippen MR) is 134 cm³/mol. The van der Waals surface area contributed by atoms with E-state index in [1.165, 1.54) is 46.2 Å². The van der Waals surface area contributed by atoms with Gasteiger partial charge in [-0.15, -0.1) is 11.3 Å². The molecular weight excluding hydrogens is 464 g/mol. The van der Waals surface area contributed by atoms with E-state index in [0.717, 1.165) is 32.6 Å². The number of nitrogens with two attached hydrogens (primary N) is 2. The number of amides is 2. The van der Waals surface area contributed by atoms with Gasteiger partial charge in [-0.3, -0.25) is 5.14 Å². The van der Waals surface area contributed by atoms with Gasteiger partial charge in [-0.05, 0) is 68.4 Å². The number of urea groups is 1. The highest BCUT2D eigenvalue weighted by molar-refractivity contribution is 7.99. The second-order valence-corrected chi connectivity index (χ2v) is 11.8. The molecule has 0 spiro atoms. The molecule has 2 aliphatic rings. The van der Waals surface area contributed by atoms with Crippen LogP contribution in [0.5, 0.6) is 0 Å². The molecule has 172 valence electrons. The Kier molecular flexibility index (Phi) is 8.17. The van der Waals surface area contributed by atoms with Crippen molar-refractivity contribution in [1.29, 1.82) is 0 Å². The van der Waals surface area contributed by atoms with E-state index in [0.29, 0.717) is 15.4 Å². The van der Waals surface area contributed by atoms with Crippen molar-refractivity contribution in [2.45, 2.75) is 55.5 Å². The highest BCUT2D eigenvalue weighted by atomic mass is 32.2. The Morgan fingerprint density at radius 3 is 2.56 bits per heavy atom. The molecule has 1 saturated carbocycles. The molecule has 2 heterocycles. The van der Waals surface area contributed by atoms with Crippen molar-refractivity contribution in [2.75, 3.05) is 0 Å². The van der Waals surface area contributed by atoms with Crippen LogP contribution in [0.25, 0.3) is 5.57 Å². The number of hydrogen-bond donors (Lipinski definition) is 4. The molecule has 1 aliphatic heterocycles. The standard InChI is InChI=1S/C16H19N2OP.C7H10FNOS2/c1-10-14(11-6-3-2-4-7-11)15(18-16(17)19)12-8-5-9-13(12)20-10;1-7(2,10)4-3-11-6(12-9)5(4)8/h2-4,6-7,13,20H,5,8-9H2,1H3,(H3,17,18,19);3,10H,9H2,1-2H3. The third kappa shape index (κ3) is 5.61. The number of benzene rings is 1. The van der Waals surface area contributed by atoms with E-state index < -0.39 is 17.4 Å². The number of carbonyl (C=O) groups is 1. The first-order valence-corrected chi connectivity index (χ1v) is 13.2. The number of allylic oxidation sites excluding steroid dienone is 3. The monoisotopic (exact) mass is 493 g/mol. The summed E-state index contributed by atoms with van der Waals surface area (Å²) in [7, 11) is 0.827. The number of carbonyl (C=O) groups excluding carboxylic acids is 1. The van der Waals surface area contributed by atoms with E-state index >= 15 is 0 Å². The average Bonchev–Trinajstić information content (AvgIpc) is 3.34. The van der Waals surface area contributed by atoms with Crippen LogP contribution in [0.2, 0.25) is 0 Å². The molecule has 1 aromatic carbocycles. The van der Waals surface area contributed by atoms with Gasteiger partial charge in [0.2, 0.25) is 0 Å². The highest BCUT2D eigenvalue weighted by Gasteiger charge is 2.32. The van der Waals surface area contributed by atoms with Crippen LogP contribution in [-0.2, 0) is 5.60 Å². The summed E-state index contributed by atoms with van der Waals surface area (Å²) in [4.78, 5) is 11.4. The first kappa shape index (κ1) is 24.9. The van der Waals surface area contributed by atoms with Crippen LogP contribution in [0.15, 0.2) is 56.5 Å². The predicted octanol–water partition coefficient (Wildman–Crippen LogP) is 5.67. The zero-order chi connectivity index (χ0) is 23.5. The van der Waals surface area contributed by atoms with Gasteiger partial charge in [-0.25, -0.2) is 9.18 Å². The molecule has 6 N–H and O–H groups in total. The number of aliphatic hydroxyl groups is 1. The third-order valence-electron chi connectivity index (χ3n) is 5.47. The molecule has 0 saturated heterocycles. The normalized spacial score (nSPS) is 19.0. The van der Waals surface area contributed by atoms with Crippen LogP contribution < -0.4 is 16.2 Å². The molecule has 2 unspecified atom stereocenters. The molecule has 0 bridgehead atoms. The van der Waals surface area contributed by atoms with Crippen LogP contribution >= 0.6 is 31.9 Å². The Balaban J connectivity index is 0.000000207. The Hall–Kier alpha value is -1.70. The van der Waals surface area contributed by atoms with Crippen LogP contribution in [0.3, 0.4) is 0 Å². The van der Waals surface area contributed by atoms with Gasteiger partial charge in [0, 0.05) is 22.2 Å². The zero-order valence-electron chi connectivity index (χ0n) is 18.4. The lowest BCUT2D eigenvalue weighted by atomic mass is 9.97. The number of thiophene rings is 1. The van der Waals surface area contributed by atoms with E-state index in [1.807, 2.05) is 18.2 Å². The summed E-state index contributed by atoms with van der Waals surface area (Å²) in [6.07, 6.45) is 3.53. The summed E-state index contributed by atoms with van der Waals surface area (Å²) in [5.41, 5.74) is 9.89. The molecular formula is C23H29FN3O2PS2. The van der Waals surface area contributed by atoms with E-state index in [1.54, 1.807) is 19.2 Å². The number of rotatable bonds is 4. The van der Waals surface area contributed by atoms with Crippen molar-refractivity contribution < 1.29 is 14.3 Å². The lowest BCUT2D eigenvalue weighted by Gasteiger charge is -2.28. The fraction of sp³-hybridized carbons (Fsp3) is 0.348. The van der Waals surface area contributed by atoms with Gasteiger partial charge in [0.15, 0.2) is 5.82 Å². The summed E-state index contributed by atoms with van der Waals surface area (Å²) in [5, 5.41) is 20.6. The van der Waals surface area contributed by atoms with Crippen molar-refractivity contribution >= 4 is 43.5 Å². The fourth-order valence-electron chi connectivity index (χ4n) is 4.03. The number of primary amides is 1. The maximum atomic E-state index is 13.3. The summed E-state index contributed by atoms with van der Waals surface area (Å²) >= 11 is 2.07. The van der Waals surface area contributed by atoms with Crippen LogP contribution in [0.4, 0.5) is 9.18 Å². The summed E-state index contributed by atoms with van der Waals surface area (Å²) < 4.78 is 13.7. The summed E-state index contributed by atoms with van der Waals surface area (Å²) in [6.45, 7) is 5.27. The lowest BCUT2D eigenvalue weighted by molar-refractivity contribution is 0.0748. The average molecular weight is 494 g/mol. The smallest absolute Gasteiger partial charge is 0.316 e. The fourth-order valence-corrected chi connectivity index (χ4v) is 7.19. The van der Waals surface area contributed by atoms with Crippen molar-refractivity contribution in [2.24, 2.45) is 10.9 Å². The first-order chi connectivity index (χ1) is 15.1. The maximum Gasteiger partial charge on any atom is 0.316 e. The molecule has 9 heteroatoms. The van der Waals surface area contributed by atoms with E-state index in [-0.39, 0.29) is 0 Å². The minimum Gasteiger partial charge on any atom is -0.386 e. The topological polar surface area (TPSA) is 101 Å². The molecule has 5 nitrogen and oxygen atoms in total. The second-order valence-electron chi connectivity index (χ2n) is 8.27. The van der Waals surface area contributed by atoms with Crippen molar-refractivity contribution in [3.05, 3.63) is 69.2 Å². The number of fused-ring (bicyclic) bond motifs is 1. The molecule has 1 aliphatic carbocycles. The Labute approximate surface area is 198 Å². The molecule has 2 amide bonds. The van der Waals surface area contributed by atoms with Gasteiger partial charge in [0.25, 0.3) is 0 Å². The number of halogens is 1. The molecule has 0 radical (unpaired) electrons. The van der Waals surface area contributed by atoms with Gasteiger partial charge in [-0.1, -0.05) is 38.9 Å². The van der Waals surface area contributed by atoms with Crippen LogP contribution in [-0.4, -0.2) is 16.8 Å². The Bertz CT molecular complexity index is 1050. The summed E-state index contributed by atoms with van der Waals surface area (Å²) in [6, 6.07) is 9.81. The van der Waals surface area contributed by atoms with Gasteiger partial charge in [0.1, 0.15) is 4.21 Å². The quantitative estimate of drug-likeness (QED) is 0.326. The lowest BCUT2D eigenvalue weighted by Crippen LogP contribution is -2.32. The number of hydrogen-bond acceptors (Lipinski definition) is 5. The summed E-state index contributed by atoms with van der Waals surface area (Å²) in [5.74, 6) is -0.403. The molecule has 1 fully saturated rings. The SMILES string of the molecule is CC(C)(O)c1csc(SN)c1F.CC1=C(c2ccccc2)C(NC(N)=O)=C2CCCC2P1. The Morgan fingerprint density at radius 2 is 2.03 bits per heavy atom. The van der Waals surface area contributed by atoms with E-state index in [2.05, 4.69) is 24.4 Å². The minimum atomic E-state index is -1.13. The Morgan fingerprint density at radius 1 is 1.34 bits per heavy atom. The van der Waals surface area contributed by atoms with E-state index in [4.69, 9.17) is 10.9 Å². The van der Waals surface area contributed by atoms with E-state index in [9.17, 15) is 14.3 Å². The van der Waals surface area contributed by atoms with Gasteiger partial charge in [0.05, 0.1) is 11.3 Å². The van der Waals surface area contributed by atoms with Gasteiger partial charge >= 0.3 is 6.03 Å². The molecule has 32 heavy (non-hydrogen) atoms. The zero-order valence-corrected chi connectivity index (χ0v) is 21.0. The largest absolute Gasteiger partial charge is 0.386 e. The third-order valence-corrected chi connectivity index (χ3v) is 8.86. The highest BCUT2D eigenvalue weighted by Crippen LogP contribution is 2.52. The van der Waals surface area contributed by atoms with Crippen molar-refractivity contribution in [3.63, 3.8) is 0 Å². The number of nitrogens with one attached hydrogen (secondary N) is 1. The molecule has 1 aromatic heterocycles. The van der Waals surface area contributed by atoms with Crippen molar-refractivity contribution in [1.82, 2.24) is 5.32 Å². The maximum absolute atomic E-state index is 13.3. The molecule has 2 aromatic rings. The molecule has 2 atom stereocenters. The van der Waals surface area contributed by atoms with Gasteiger partial charge < -0.3 is 16.2 Å². The van der Waals surface area contributed by atoms with Gasteiger partial charge in [-0.2, -0.15) is 0 Å². The first-order valence-electron chi connectivity index (χ1n) is 10.3. The molecule has 4 rings (SSSR count). The van der Waals surface area contributed by atoms with Crippen LogP contribution in [0, 0.1) is 5.82 Å². The second kappa shape index (κ2) is 10.5. The van der Waals surface area contributed by atoms with Crippen LogP contribution in [0.1, 0.15) is 51.2 Å². The van der Waals surface area contributed by atoms with Crippen molar-refractivity contribution in [3.8, 4) is 0 Å². The minimum absolute atomic E-state index is 0.306.